The predicted molar refractivity (Wildman–Crippen MR) is 182 cm³/mol. The van der Waals surface area contributed by atoms with E-state index in [2.05, 4.69) is 35.3 Å². The summed E-state index contributed by atoms with van der Waals surface area (Å²) in [4.78, 5) is 4.21. The lowest BCUT2D eigenvalue weighted by Crippen LogP contribution is -2.05. The third-order valence-corrected chi connectivity index (χ3v) is 8.75. The molecule has 5 aromatic carbocycles. The lowest BCUT2D eigenvalue weighted by Gasteiger charge is -2.18. The van der Waals surface area contributed by atoms with Crippen molar-refractivity contribution in [1.29, 1.82) is 26.3 Å². The molecular weight excluding hydrogens is 592 g/mol. The van der Waals surface area contributed by atoms with Crippen LogP contribution in [0.5, 0.6) is 0 Å². The molecule has 0 N–H and O–H groups in total. The Morgan fingerprint density at radius 3 is 1.06 bits per heavy atom. The van der Waals surface area contributed by atoms with Gasteiger partial charge in [-0.3, -0.25) is 4.98 Å². The van der Waals surface area contributed by atoms with Gasteiger partial charge in [0.25, 0.3) is 0 Å². The molecule has 0 spiro atoms. The number of pyridine rings is 1. The highest BCUT2D eigenvalue weighted by atomic mass is 15.0. The molecule has 8 nitrogen and oxygen atoms in total. The highest BCUT2D eigenvalue weighted by Crippen LogP contribution is 2.40. The van der Waals surface area contributed by atoms with Gasteiger partial charge >= 0.3 is 0 Å². The number of nitrogens with zero attached hydrogens (tertiary/aromatic N) is 8. The normalized spacial score (nSPS) is 10.8. The Bertz CT molecular complexity index is 2580. The minimum atomic E-state index is 0.382. The molecular formula is C40H18N8. The minimum absolute atomic E-state index is 0.382. The van der Waals surface area contributed by atoms with Crippen LogP contribution >= 0.6 is 0 Å². The van der Waals surface area contributed by atoms with Crippen molar-refractivity contribution >= 4 is 43.6 Å². The van der Waals surface area contributed by atoms with E-state index in [1.54, 1.807) is 36.7 Å². The van der Waals surface area contributed by atoms with Crippen molar-refractivity contribution < 1.29 is 0 Å². The summed E-state index contributed by atoms with van der Waals surface area (Å²) in [5, 5.41) is 53.0. The van der Waals surface area contributed by atoms with E-state index in [4.69, 9.17) is 0 Å². The van der Waals surface area contributed by atoms with Gasteiger partial charge in [-0.25, -0.2) is 0 Å². The molecule has 0 aliphatic rings. The number of nitriles is 5. The number of benzene rings is 5. The largest absolute Gasteiger partial charge is 0.308 e. The Hall–Kier alpha value is -7.70. The third kappa shape index (κ3) is 4.08. The van der Waals surface area contributed by atoms with Gasteiger partial charge in [-0.05, 0) is 108 Å². The molecule has 8 aromatic rings. The van der Waals surface area contributed by atoms with Crippen molar-refractivity contribution in [3.63, 3.8) is 0 Å². The molecule has 8 rings (SSSR count). The first-order valence-electron chi connectivity index (χ1n) is 14.8. The second-order valence-corrected chi connectivity index (χ2v) is 11.3. The number of hydrogen-bond donors (Lipinski definition) is 0. The molecule has 0 amide bonds. The summed E-state index contributed by atoms with van der Waals surface area (Å²) in [6.07, 6.45) is 3.43. The summed E-state index contributed by atoms with van der Waals surface area (Å²) in [5.41, 5.74) is 8.32. The second kappa shape index (κ2) is 10.7. The molecule has 3 aromatic heterocycles. The molecule has 0 unspecified atom stereocenters. The fourth-order valence-corrected chi connectivity index (χ4v) is 6.63. The molecule has 0 bridgehead atoms. The first-order valence-corrected chi connectivity index (χ1v) is 14.8. The Kier molecular flexibility index (Phi) is 6.22. The number of aromatic nitrogens is 3. The zero-order valence-electron chi connectivity index (χ0n) is 25.0. The van der Waals surface area contributed by atoms with Crippen LogP contribution in [-0.2, 0) is 0 Å². The van der Waals surface area contributed by atoms with Crippen LogP contribution in [0.25, 0.3) is 66.1 Å². The van der Waals surface area contributed by atoms with Crippen molar-refractivity contribution in [3.8, 4) is 52.8 Å². The van der Waals surface area contributed by atoms with E-state index in [1.807, 2.05) is 81.9 Å². The van der Waals surface area contributed by atoms with Crippen LogP contribution in [0.3, 0.4) is 0 Å². The van der Waals surface area contributed by atoms with E-state index >= 15 is 0 Å². The zero-order chi connectivity index (χ0) is 32.9. The maximum Gasteiger partial charge on any atom is 0.104 e. The van der Waals surface area contributed by atoms with E-state index < -0.39 is 0 Å². The van der Waals surface area contributed by atoms with Gasteiger partial charge in [0, 0.05) is 33.9 Å². The van der Waals surface area contributed by atoms with Crippen molar-refractivity contribution in [1.82, 2.24) is 14.1 Å². The number of hydrogen-bond acceptors (Lipinski definition) is 6. The topological polar surface area (TPSA) is 142 Å². The Morgan fingerprint density at radius 1 is 0.396 bits per heavy atom. The van der Waals surface area contributed by atoms with Gasteiger partial charge in [-0.15, -0.1) is 0 Å². The molecule has 0 radical (unpaired) electrons. The van der Waals surface area contributed by atoms with E-state index in [-0.39, 0.29) is 0 Å². The zero-order valence-corrected chi connectivity index (χ0v) is 25.0. The molecule has 0 saturated heterocycles. The summed E-state index contributed by atoms with van der Waals surface area (Å²) in [6.45, 7) is 0. The van der Waals surface area contributed by atoms with Crippen molar-refractivity contribution in [2.45, 2.75) is 0 Å². The van der Waals surface area contributed by atoms with Crippen LogP contribution < -0.4 is 0 Å². The van der Waals surface area contributed by atoms with Gasteiger partial charge in [0.15, 0.2) is 0 Å². The smallest absolute Gasteiger partial charge is 0.104 e. The van der Waals surface area contributed by atoms with Crippen molar-refractivity contribution in [3.05, 3.63) is 137 Å². The standard InChI is InChI=1S/C40H18N8/c41-19-24-1-5-35-30(13-24)31-14-25(20-42)2-6-36(31)47(35)39-17-29(28-9-11-46-12-10-28)18-40(34(39)23-45)48-37-7-3-26(21-43)15-32(37)33-16-27(22-44)4-8-38(33)48/h1-18H. The summed E-state index contributed by atoms with van der Waals surface area (Å²) in [7, 11) is 0. The van der Waals surface area contributed by atoms with Crippen LogP contribution in [-0.4, -0.2) is 14.1 Å². The first kappa shape index (κ1) is 27.8. The molecule has 218 valence electrons. The third-order valence-electron chi connectivity index (χ3n) is 8.75. The monoisotopic (exact) mass is 610 g/mol. The van der Waals surface area contributed by atoms with E-state index in [9.17, 15) is 26.3 Å². The van der Waals surface area contributed by atoms with Crippen LogP contribution in [0.1, 0.15) is 27.8 Å². The lowest BCUT2D eigenvalue weighted by atomic mass is 10.0. The van der Waals surface area contributed by atoms with E-state index in [1.165, 1.54) is 0 Å². The molecule has 48 heavy (non-hydrogen) atoms. The molecule has 0 aliphatic carbocycles. The van der Waals surface area contributed by atoms with Gasteiger partial charge < -0.3 is 9.13 Å². The van der Waals surface area contributed by atoms with Gasteiger partial charge in [-0.1, -0.05) is 0 Å². The van der Waals surface area contributed by atoms with Crippen LogP contribution in [0.15, 0.2) is 109 Å². The highest BCUT2D eigenvalue weighted by Gasteiger charge is 2.23. The quantitative estimate of drug-likeness (QED) is 0.197. The van der Waals surface area contributed by atoms with Crippen LogP contribution in [0.4, 0.5) is 0 Å². The van der Waals surface area contributed by atoms with Crippen molar-refractivity contribution in [2.75, 3.05) is 0 Å². The molecule has 0 fully saturated rings. The average molecular weight is 611 g/mol. The first-order chi connectivity index (χ1) is 23.6. The van der Waals surface area contributed by atoms with Crippen LogP contribution in [0, 0.1) is 56.7 Å². The Labute approximate surface area is 273 Å². The molecule has 0 atom stereocenters. The molecule has 0 saturated carbocycles. The SMILES string of the molecule is N#Cc1ccc2c(c1)c1cc(C#N)ccc1n2-c1cc(-c2ccncc2)cc(-n2c3ccc(C#N)cc3c3cc(C#N)ccc32)c1C#N. The van der Waals surface area contributed by atoms with Gasteiger partial charge in [0.1, 0.15) is 11.6 Å². The predicted octanol–water partition coefficient (Wildman–Crippen LogP) is 8.30. The maximum atomic E-state index is 11.0. The van der Waals surface area contributed by atoms with Gasteiger partial charge in [0.2, 0.25) is 0 Å². The van der Waals surface area contributed by atoms with Gasteiger partial charge in [-0.2, -0.15) is 26.3 Å². The number of rotatable bonds is 3. The second-order valence-electron chi connectivity index (χ2n) is 11.3. The number of fused-ring (bicyclic) bond motifs is 6. The summed E-state index contributed by atoms with van der Waals surface area (Å²) < 4.78 is 4.02. The lowest BCUT2D eigenvalue weighted by molar-refractivity contribution is 1.12. The summed E-state index contributed by atoms with van der Waals surface area (Å²) in [6, 6.07) is 40.8. The average Bonchev–Trinajstić information content (AvgIpc) is 3.65. The van der Waals surface area contributed by atoms with E-state index in [0.29, 0.717) is 39.2 Å². The fraction of sp³-hybridized carbons (Fsp3) is 0. The molecule has 0 aliphatic heterocycles. The molecule has 3 heterocycles. The van der Waals surface area contributed by atoms with Crippen molar-refractivity contribution in [2.24, 2.45) is 0 Å². The van der Waals surface area contributed by atoms with Crippen LogP contribution in [0.2, 0.25) is 0 Å². The minimum Gasteiger partial charge on any atom is -0.308 e. The summed E-state index contributed by atoms with van der Waals surface area (Å²) in [5.74, 6) is 0. The van der Waals surface area contributed by atoms with Gasteiger partial charge in [0.05, 0.1) is 80.0 Å². The Balaban J connectivity index is 1.56. The summed E-state index contributed by atoms with van der Waals surface area (Å²) >= 11 is 0. The Morgan fingerprint density at radius 2 is 0.750 bits per heavy atom. The highest BCUT2D eigenvalue weighted by molar-refractivity contribution is 6.12. The van der Waals surface area contributed by atoms with E-state index in [0.717, 1.165) is 54.7 Å². The molecule has 8 heteroatoms. The fourth-order valence-electron chi connectivity index (χ4n) is 6.63. The maximum absolute atomic E-state index is 11.0.